The Labute approximate surface area is 142 Å². The van der Waals surface area contributed by atoms with Gasteiger partial charge in [0.25, 0.3) is 0 Å². The van der Waals surface area contributed by atoms with Crippen molar-refractivity contribution >= 4 is 34.9 Å². The van der Waals surface area contributed by atoms with E-state index in [2.05, 4.69) is 20.2 Å². The van der Waals surface area contributed by atoms with Crippen LogP contribution in [-0.2, 0) is 6.54 Å². The number of nitrogens with zero attached hydrogens (tertiary/aromatic N) is 2. The molecule has 0 aliphatic heterocycles. The van der Waals surface area contributed by atoms with Gasteiger partial charge < -0.3 is 10.6 Å². The van der Waals surface area contributed by atoms with Crippen molar-refractivity contribution in [3.8, 4) is 11.3 Å². The number of urea groups is 1. The second kappa shape index (κ2) is 7.21. The number of nitrogens with one attached hydrogen (secondary N) is 2. The Balaban J connectivity index is 1.53. The fourth-order valence-electron chi connectivity index (χ4n) is 1.97. The summed E-state index contributed by atoms with van der Waals surface area (Å²) in [5, 5.41) is 12.1. The highest BCUT2D eigenvalue weighted by Crippen LogP contribution is 2.18. The summed E-state index contributed by atoms with van der Waals surface area (Å²) in [5.74, 6) is 0. The smallest absolute Gasteiger partial charge is 0.319 e. The van der Waals surface area contributed by atoms with Crippen LogP contribution in [0.4, 0.5) is 10.5 Å². The van der Waals surface area contributed by atoms with Crippen LogP contribution in [0.2, 0.25) is 5.02 Å². The van der Waals surface area contributed by atoms with Crippen molar-refractivity contribution in [1.82, 2.24) is 14.9 Å². The number of carbonyl (C=O) groups excluding carboxylic acids is 1. The van der Waals surface area contributed by atoms with Crippen LogP contribution in [0.15, 0.2) is 53.9 Å². The average molecular weight is 345 g/mol. The first-order valence-corrected chi connectivity index (χ1v) is 8.09. The van der Waals surface area contributed by atoms with Gasteiger partial charge in [-0.3, -0.25) is 0 Å². The quantitative estimate of drug-likeness (QED) is 0.746. The van der Waals surface area contributed by atoms with E-state index in [4.69, 9.17) is 11.6 Å². The molecular weight excluding hydrogens is 332 g/mol. The van der Waals surface area contributed by atoms with E-state index in [1.54, 1.807) is 24.3 Å². The highest BCUT2D eigenvalue weighted by molar-refractivity contribution is 7.03. The maximum Gasteiger partial charge on any atom is 0.319 e. The predicted molar refractivity (Wildman–Crippen MR) is 92.7 cm³/mol. The van der Waals surface area contributed by atoms with Gasteiger partial charge in [-0.1, -0.05) is 40.4 Å². The van der Waals surface area contributed by atoms with E-state index in [0.29, 0.717) is 17.3 Å². The molecule has 0 fully saturated rings. The fourth-order valence-corrected chi connectivity index (χ4v) is 2.57. The van der Waals surface area contributed by atoms with Crippen LogP contribution >= 0.6 is 23.1 Å². The molecule has 2 aromatic carbocycles. The Morgan fingerprint density at radius 2 is 1.83 bits per heavy atom. The van der Waals surface area contributed by atoms with Crippen molar-refractivity contribution in [3.05, 3.63) is 64.5 Å². The van der Waals surface area contributed by atoms with Gasteiger partial charge in [0.1, 0.15) is 5.69 Å². The zero-order valence-corrected chi connectivity index (χ0v) is 13.6. The van der Waals surface area contributed by atoms with Crippen molar-refractivity contribution in [1.29, 1.82) is 0 Å². The predicted octanol–water partition coefficient (Wildman–Crippen LogP) is 4.18. The summed E-state index contributed by atoms with van der Waals surface area (Å²) >= 11 is 7.12. The molecule has 0 aliphatic carbocycles. The van der Waals surface area contributed by atoms with Gasteiger partial charge in [0.2, 0.25) is 0 Å². The number of amides is 2. The molecular formula is C16H13ClN4OS. The third-order valence-electron chi connectivity index (χ3n) is 3.16. The Kier molecular flexibility index (Phi) is 4.85. The first kappa shape index (κ1) is 15.5. The van der Waals surface area contributed by atoms with Crippen LogP contribution < -0.4 is 10.6 Å². The van der Waals surface area contributed by atoms with Gasteiger partial charge in [-0.2, -0.15) is 0 Å². The van der Waals surface area contributed by atoms with Gasteiger partial charge in [-0.05, 0) is 41.4 Å². The van der Waals surface area contributed by atoms with Gasteiger partial charge >= 0.3 is 6.03 Å². The maximum absolute atomic E-state index is 11.9. The number of anilines is 1. The van der Waals surface area contributed by atoms with Crippen LogP contribution in [-0.4, -0.2) is 15.6 Å². The molecule has 0 unspecified atom stereocenters. The summed E-state index contributed by atoms with van der Waals surface area (Å²) in [6, 6.07) is 14.5. The molecule has 1 aromatic heterocycles. The van der Waals surface area contributed by atoms with Gasteiger partial charge in [0, 0.05) is 28.2 Å². The number of benzene rings is 2. The largest absolute Gasteiger partial charge is 0.334 e. The molecule has 116 valence electrons. The third-order valence-corrected chi connectivity index (χ3v) is 3.92. The summed E-state index contributed by atoms with van der Waals surface area (Å²) in [6.45, 7) is 0.440. The molecule has 2 N–H and O–H groups in total. The molecule has 1 heterocycles. The normalized spacial score (nSPS) is 10.3. The number of carbonyl (C=O) groups is 1. The van der Waals surface area contributed by atoms with Gasteiger partial charge in [-0.15, -0.1) is 5.10 Å². The number of rotatable bonds is 4. The Morgan fingerprint density at radius 3 is 2.48 bits per heavy atom. The molecule has 0 bridgehead atoms. The fraction of sp³-hybridized carbons (Fsp3) is 0.0625. The Hall–Kier alpha value is -2.44. The molecule has 5 nitrogen and oxygen atoms in total. The van der Waals surface area contributed by atoms with E-state index in [-0.39, 0.29) is 6.03 Å². The number of halogens is 1. The minimum Gasteiger partial charge on any atom is -0.334 e. The molecule has 2 amide bonds. The van der Waals surface area contributed by atoms with Crippen LogP contribution in [0.5, 0.6) is 0 Å². The van der Waals surface area contributed by atoms with Crippen LogP contribution in [0.3, 0.4) is 0 Å². The zero-order chi connectivity index (χ0) is 16.1. The highest BCUT2D eigenvalue weighted by atomic mass is 35.5. The summed E-state index contributed by atoms with van der Waals surface area (Å²) in [5.41, 5.74) is 3.56. The molecule has 3 aromatic rings. The minimum atomic E-state index is -0.264. The Morgan fingerprint density at radius 1 is 1.09 bits per heavy atom. The lowest BCUT2D eigenvalue weighted by molar-refractivity contribution is 0.251. The minimum absolute atomic E-state index is 0.264. The number of hydrogen-bond donors (Lipinski definition) is 2. The summed E-state index contributed by atoms with van der Waals surface area (Å²) in [4.78, 5) is 11.9. The zero-order valence-electron chi connectivity index (χ0n) is 12.0. The summed E-state index contributed by atoms with van der Waals surface area (Å²) in [6.07, 6.45) is 0. The van der Waals surface area contributed by atoms with Gasteiger partial charge in [0.05, 0.1) is 0 Å². The molecule has 3 rings (SSSR count). The first-order valence-electron chi connectivity index (χ1n) is 6.87. The second-order valence-corrected chi connectivity index (χ2v) is 5.85. The SMILES string of the molecule is O=C(NCc1ccc(-c2csnn2)cc1)Nc1ccc(Cl)cc1. The molecule has 23 heavy (non-hydrogen) atoms. The summed E-state index contributed by atoms with van der Waals surface area (Å²) < 4.78 is 3.84. The van der Waals surface area contributed by atoms with Crippen molar-refractivity contribution in [2.75, 3.05) is 5.32 Å². The standard InChI is InChI=1S/C16H13ClN4OS/c17-13-5-7-14(8-6-13)19-16(22)18-9-11-1-3-12(4-2-11)15-10-23-21-20-15/h1-8,10H,9H2,(H2,18,19,22). The van der Waals surface area contributed by atoms with Crippen LogP contribution in [0.1, 0.15) is 5.56 Å². The van der Waals surface area contributed by atoms with Crippen LogP contribution in [0, 0.1) is 0 Å². The second-order valence-electron chi connectivity index (χ2n) is 4.80. The van der Waals surface area contributed by atoms with E-state index >= 15 is 0 Å². The third kappa shape index (κ3) is 4.28. The molecule has 0 saturated carbocycles. The molecule has 0 saturated heterocycles. The van der Waals surface area contributed by atoms with Crippen molar-refractivity contribution in [2.45, 2.75) is 6.54 Å². The lowest BCUT2D eigenvalue weighted by Gasteiger charge is -2.08. The van der Waals surface area contributed by atoms with E-state index in [9.17, 15) is 4.79 Å². The van der Waals surface area contributed by atoms with Crippen molar-refractivity contribution in [2.24, 2.45) is 0 Å². The van der Waals surface area contributed by atoms with Crippen molar-refractivity contribution in [3.63, 3.8) is 0 Å². The van der Waals surface area contributed by atoms with E-state index in [1.165, 1.54) is 11.5 Å². The lowest BCUT2D eigenvalue weighted by atomic mass is 10.1. The number of aromatic nitrogens is 2. The summed E-state index contributed by atoms with van der Waals surface area (Å²) in [7, 11) is 0. The van der Waals surface area contributed by atoms with E-state index in [0.717, 1.165) is 16.8 Å². The molecule has 0 radical (unpaired) electrons. The molecule has 0 atom stereocenters. The average Bonchev–Trinajstić information content (AvgIpc) is 3.10. The molecule has 0 aliphatic rings. The van der Waals surface area contributed by atoms with Crippen molar-refractivity contribution < 1.29 is 4.79 Å². The molecule has 7 heteroatoms. The number of hydrogen-bond acceptors (Lipinski definition) is 4. The van der Waals surface area contributed by atoms with E-state index in [1.807, 2.05) is 29.6 Å². The molecule has 0 spiro atoms. The topological polar surface area (TPSA) is 66.9 Å². The van der Waals surface area contributed by atoms with Crippen LogP contribution in [0.25, 0.3) is 11.3 Å². The Bertz CT molecular complexity index is 773. The first-order chi connectivity index (χ1) is 11.2. The highest BCUT2D eigenvalue weighted by Gasteiger charge is 2.03. The monoisotopic (exact) mass is 344 g/mol. The van der Waals surface area contributed by atoms with Gasteiger partial charge in [0.15, 0.2) is 0 Å². The van der Waals surface area contributed by atoms with E-state index < -0.39 is 0 Å². The van der Waals surface area contributed by atoms with Gasteiger partial charge in [-0.25, -0.2) is 4.79 Å². The maximum atomic E-state index is 11.9. The lowest BCUT2D eigenvalue weighted by Crippen LogP contribution is -2.28.